The van der Waals surface area contributed by atoms with Crippen molar-refractivity contribution in [3.05, 3.63) is 0 Å². The fraction of sp³-hybridized carbons (Fsp3) is 0.692. The molecule has 1 amide bonds. The minimum absolute atomic E-state index is 0.00694. The van der Waals surface area contributed by atoms with Gasteiger partial charge in [-0.25, -0.2) is 4.79 Å². The second-order valence-electron chi connectivity index (χ2n) is 4.88. The van der Waals surface area contributed by atoms with Crippen LogP contribution >= 0.6 is 0 Å². The number of hydrogen-bond acceptors (Lipinski definition) is 2. The first-order valence-electron chi connectivity index (χ1n) is 6.12. The highest BCUT2D eigenvalue weighted by Gasteiger charge is 2.47. The van der Waals surface area contributed by atoms with Gasteiger partial charge in [0.1, 0.15) is 6.04 Å². The highest BCUT2D eigenvalue weighted by molar-refractivity contribution is 5.86. The quantitative estimate of drug-likeness (QED) is 0.733. The Morgan fingerprint density at radius 3 is 2.71 bits per heavy atom. The van der Waals surface area contributed by atoms with Crippen LogP contribution in [0.5, 0.6) is 0 Å². The number of nitrogens with zero attached hydrogens (tertiary/aromatic N) is 1. The Morgan fingerprint density at radius 2 is 2.06 bits per heavy atom. The van der Waals surface area contributed by atoms with Gasteiger partial charge in [0.2, 0.25) is 5.91 Å². The van der Waals surface area contributed by atoms with E-state index in [1.165, 1.54) is 0 Å². The number of terminal acetylenes is 1. The van der Waals surface area contributed by atoms with Crippen LogP contribution in [-0.4, -0.2) is 34.0 Å². The molecule has 0 spiro atoms. The van der Waals surface area contributed by atoms with Crippen LogP contribution in [0.25, 0.3) is 0 Å². The first-order valence-corrected chi connectivity index (χ1v) is 6.12. The molecule has 1 aliphatic carbocycles. The monoisotopic (exact) mass is 235 g/mol. The van der Waals surface area contributed by atoms with E-state index in [1.54, 1.807) is 4.90 Å². The van der Waals surface area contributed by atoms with Crippen LogP contribution in [0.2, 0.25) is 0 Å². The first kappa shape index (κ1) is 12.0. The molecule has 1 saturated heterocycles. The maximum atomic E-state index is 11.9. The van der Waals surface area contributed by atoms with Crippen molar-refractivity contribution in [1.82, 2.24) is 4.90 Å². The van der Waals surface area contributed by atoms with Crippen LogP contribution < -0.4 is 0 Å². The van der Waals surface area contributed by atoms with Gasteiger partial charge in [0.25, 0.3) is 0 Å². The number of carboxylic acids is 1. The zero-order valence-electron chi connectivity index (χ0n) is 9.76. The normalized spacial score (nSPS) is 31.7. The lowest BCUT2D eigenvalue weighted by molar-refractivity contribution is -0.149. The summed E-state index contributed by atoms with van der Waals surface area (Å²) in [6, 6.07) is -0.561. The van der Waals surface area contributed by atoms with Gasteiger partial charge in [-0.05, 0) is 25.2 Å². The highest BCUT2D eigenvalue weighted by Crippen LogP contribution is 2.39. The topological polar surface area (TPSA) is 57.6 Å². The van der Waals surface area contributed by atoms with Crippen molar-refractivity contribution in [2.24, 2.45) is 5.92 Å². The van der Waals surface area contributed by atoms with Crippen LogP contribution in [0.3, 0.4) is 0 Å². The second-order valence-corrected chi connectivity index (χ2v) is 4.88. The van der Waals surface area contributed by atoms with Gasteiger partial charge >= 0.3 is 5.97 Å². The van der Waals surface area contributed by atoms with Gasteiger partial charge in [-0.1, -0.05) is 18.8 Å². The molecule has 0 bridgehead atoms. The van der Waals surface area contributed by atoms with Gasteiger partial charge in [0.15, 0.2) is 0 Å². The molecule has 1 saturated carbocycles. The maximum absolute atomic E-state index is 11.9. The molecule has 0 aromatic heterocycles. The predicted molar refractivity (Wildman–Crippen MR) is 62.1 cm³/mol. The Hall–Kier alpha value is -1.50. The zero-order valence-corrected chi connectivity index (χ0v) is 9.76. The summed E-state index contributed by atoms with van der Waals surface area (Å²) in [6.07, 6.45) is 9.92. The van der Waals surface area contributed by atoms with E-state index < -0.39 is 12.0 Å². The van der Waals surface area contributed by atoms with E-state index in [1.807, 2.05) is 0 Å². The molecule has 3 atom stereocenters. The molecule has 0 aromatic carbocycles. The number of fused-ring (bicyclic) bond motifs is 1. The number of hydrogen-bond donors (Lipinski definition) is 1. The van der Waals surface area contributed by atoms with Gasteiger partial charge in [-0.15, -0.1) is 6.42 Å². The van der Waals surface area contributed by atoms with Crippen LogP contribution in [0.4, 0.5) is 0 Å². The molecule has 4 heteroatoms. The fourth-order valence-electron chi connectivity index (χ4n) is 3.22. The molecule has 1 N–H and O–H groups in total. The maximum Gasteiger partial charge on any atom is 0.326 e. The van der Waals surface area contributed by atoms with Crippen molar-refractivity contribution >= 4 is 11.9 Å². The van der Waals surface area contributed by atoms with Crippen molar-refractivity contribution in [3.8, 4) is 12.3 Å². The third-order valence-corrected chi connectivity index (χ3v) is 3.91. The first-order chi connectivity index (χ1) is 8.15. The van der Waals surface area contributed by atoms with E-state index in [4.69, 9.17) is 6.42 Å². The molecule has 0 aromatic rings. The van der Waals surface area contributed by atoms with Crippen molar-refractivity contribution < 1.29 is 14.7 Å². The average Bonchev–Trinajstić information content (AvgIpc) is 2.68. The van der Waals surface area contributed by atoms with Crippen molar-refractivity contribution in [2.45, 2.75) is 50.6 Å². The number of carbonyl (C=O) groups excluding carboxylic acids is 1. The molecular formula is C13H17NO3. The molecule has 2 aliphatic rings. The summed E-state index contributed by atoms with van der Waals surface area (Å²) in [7, 11) is 0. The predicted octanol–water partition coefficient (Wildman–Crippen LogP) is 1.25. The molecule has 3 unspecified atom stereocenters. The largest absolute Gasteiger partial charge is 0.480 e. The minimum Gasteiger partial charge on any atom is -0.480 e. The Morgan fingerprint density at radius 1 is 1.35 bits per heavy atom. The number of rotatable bonds is 2. The summed E-state index contributed by atoms with van der Waals surface area (Å²) in [5, 5.41) is 9.20. The molecule has 0 radical (unpaired) electrons. The standard InChI is InChI=1S/C13H17NO3/c1-2-5-12(15)14-10-7-4-3-6-9(10)8-11(14)13(16)17/h1,9-11H,3-8H2,(H,16,17). The Kier molecular flexibility index (Phi) is 3.37. The molecule has 2 rings (SSSR count). The SMILES string of the molecule is C#CCC(=O)N1C(C(=O)O)CC2CCCCC21. The third-order valence-electron chi connectivity index (χ3n) is 3.91. The summed E-state index contributed by atoms with van der Waals surface area (Å²) in [5.74, 6) is 1.57. The lowest BCUT2D eigenvalue weighted by atomic mass is 9.84. The Labute approximate surface area is 101 Å². The highest BCUT2D eigenvalue weighted by atomic mass is 16.4. The van der Waals surface area contributed by atoms with Gasteiger partial charge in [0.05, 0.1) is 6.42 Å². The molecule has 1 heterocycles. The van der Waals surface area contributed by atoms with Crippen LogP contribution in [0.1, 0.15) is 38.5 Å². The van der Waals surface area contributed by atoms with Gasteiger partial charge in [-0.2, -0.15) is 0 Å². The summed E-state index contributed by atoms with van der Waals surface area (Å²) >= 11 is 0. The summed E-state index contributed by atoms with van der Waals surface area (Å²) in [4.78, 5) is 24.7. The van der Waals surface area contributed by atoms with Gasteiger partial charge in [-0.3, -0.25) is 4.79 Å². The number of amides is 1. The number of likely N-dealkylation sites (tertiary alicyclic amines) is 1. The molecule has 4 nitrogen and oxygen atoms in total. The molecular weight excluding hydrogens is 218 g/mol. The number of carbonyl (C=O) groups is 2. The molecule has 2 fully saturated rings. The van der Waals surface area contributed by atoms with Gasteiger partial charge in [0, 0.05) is 6.04 Å². The van der Waals surface area contributed by atoms with Crippen LogP contribution in [0.15, 0.2) is 0 Å². The van der Waals surface area contributed by atoms with Gasteiger partial charge < -0.3 is 10.0 Å². The summed E-state index contributed by atoms with van der Waals surface area (Å²) in [6.45, 7) is 0. The van der Waals surface area contributed by atoms with E-state index >= 15 is 0 Å². The summed E-state index contributed by atoms with van der Waals surface area (Å²) < 4.78 is 0. The average molecular weight is 235 g/mol. The van der Waals surface area contributed by atoms with Crippen LogP contribution in [0, 0.1) is 18.3 Å². The number of carboxylic acid groups (broad SMARTS) is 1. The third kappa shape index (κ3) is 2.14. The molecule has 92 valence electrons. The second kappa shape index (κ2) is 4.79. The molecule has 1 aliphatic heterocycles. The van der Waals surface area contributed by atoms with Crippen molar-refractivity contribution in [2.75, 3.05) is 0 Å². The fourth-order valence-corrected chi connectivity index (χ4v) is 3.22. The minimum atomic E-state index is -0.898. The lowest BCUT2D eigenvalue weighted by Gasteiger charge is -2.32. The Balaban J connectivity index is 2.20. The van der Waals surface area contributed by atoms with E-state index in [0.29, 0.717) is 12.3 Å². The lowest BCUT2D eigenvalue weighted by Crippen LogP contribution is -2.46. The summed E-state index contributed by atoms with van der Waals surface area (Å²) in [5.41, 5.74) is 0. The smallest absolute Gasteiger partial charge is 0.326 e. The van der Waals surface area contributed by atoms with E-state index in [2.05, 4.69) is 5.92 Å². The van der Waals surface area contributed by atoms with Crippen molar-refractivity contribution in [1.29, 1.82) is 0 Å². The van der Waals surface area contributed by atoms with E-state index in [-0.39, 0.29) is 18.4 Å². The molecule has 17 heavy (non-hydrogen) atoms. The van der Waals surface area contributed by atoms with E-state index in [0.717, 1.165) is 25.7 Å². The van der Waals surface area contributed by atoms with Crippen LogP contribution in [-0.2, 0) is 9.59 Å². The van der Waals surface area contributed by atoms with Crippen molar-refractivity contribution in [3.63, 3.8) is 0 Å². The number of aliphatic carboxylic acids is 1. The zero-order chi connectivity index (χ0) is 12.4. The van der Waals surface area contributed by atoms with E-state index in [9.17, 15) is 14.7 Å². The Bertz CT molecular complexity index is 371.